The lowest BCUT2D eigenvalue weighted by atomic mass is 9.92. The Labute approximate surface area is 222 Å². The van der Waals surface area contributed by atoms with Gasteiger partial charge in [0.05, 0.1) is 53.1 Å². The molecule has 2 unspecified atom stereocenters. The van der Waals surface area contributed by atoms with Crippen molar-refractivity contribution in [1.29, 1.82) is 5.26 Å². The fourth-order valence-electron chi connectivity index (χ4n) is 5.04. The summed E-state index contributed by atoms with van der Waals surface area (Å²) in [6.45, 7) is 8.41. The highest BCUT2D eigenvalue weighted by atomic mass is 35.5. The number of amides is 1. The van der Waals surface area contributed by atoms with Crippen LogP contribution >= 0.6 is 11.6 Å². The molecule has 10 heteroatoms. The van der Waals surface area contributed by atoms with Crippen molar-refractivity contribution < 1.29 is 19.0 Å². The van der Waals surface area contributed by atoms with Gasteiger partial charge in [-0.05, 0) is 58.2 Å². The maximum Gasteiger partial charge on any atom is 0.410 e. The molecule has 3 aliphatic rings. The van der Waals surface area contributed by atoms with Crippen LogP contribution in [-0.4, -0.2) is 58.0 Å². The van der Waals surface area contributed by atoms with Gasteiger partial charge < -0.3 is 19.5 Å². The highest BCUT2D eigenvalue weighted by Gasteiger charge is 2.45. The third-order valence-electron chi connectivity index (χ3n) is 7.14. The Morgan fingerprint density at radius 3 is 2.54 bits per heavy atom. The molecule has 2 aliphatic heterocycles. The second kappa shape index (κ2) is 9.66. The van der Waals surface area contributed by atoms with E-state index in [9.17, 15) is 10.1 Å². The van der Waals surface area contributed by atoms with Crippen LogP contribution in [-0.2, 0) is 14.9 Å². The van der Waals surface area contributed by atoms with E-state index in [1.807, 2.05) is 50.8 Å². The molecule has 5 rings (SSSR count). The van der Waals surface area contributed by atoms with E-state index in [0.29, 0.717) is 48.5 Å². The smallest absolute Gasteiger partial charge is 0.410 e. The van der Waals surface area contributed by atoms with Crippen LogP contribution in [0.5, 0.6) is 5.88 Å². The number of hydrogen-bond donors (Lipinski definition) is 1. The molecule has 2 bridgehead atoms. The van der Waals surface area contributed by atoms with Crippen molar-refractivity contribution in [2.24, 2.45) is 0 Å². The van der Waals surface area contributed by atoms with Crippen LogP contribution in [0.25, 0.3) is 0 Å². The summed E-state index contributed by atoms with van der Waals surface area (Å²) in [6, 6.07) is 7.84. The number of benzene rings is 1. The molecule has 1 aromatic carbocycles. The molecule has 9 nitrogen and oxygen atoms in total. The molecule has 1 saturated carbocycles. The Hall–Kier alpha value is -3.09. The fraction of sp³-hybridized carbons (Fsp3) is 0.556. The zero-order valence-corrected chi connectivity index (χ0v) is 22.3. The van der Waals surface area contributed by atoms with Crippen molar-refractivity contribution in [2.75, 3.05) is 18.5 Å². The number of fused-ring (bicyclic) bond motifs is 2. The van der Waals surface area contributed by atoms with Gasteiger partial charge in [0, 0.05) is 12.8 Å². The van der Waals surface area contributed by atoms with Crippen molar-refractivity contribution >= 4 is 29.2 Å². The minimum Gasteiger partial charge on any atom is -0.474 e. The van der Waals surface area contributed by atoms with Crippen LogP contribution < -0.4 is 10.1 Å². The van der Waals surface area contributed by atoms with Gasteiger partial charge in [0.2, 0.25) is 5.88 Å². The predicted octanol–water partition coefficient (Wildman–Crippen LogP) is 5.28. The minimum absolute atomic E-state index is 0.118. The Kier molecular flexibility index (Phi) is 6.67. The molecule has 2 saturated heterocycles. The van der Waals surface area contributed by atoms with Gasteiger partial charge in [0.15, 0.2) is 0 Å². The molecule has 1 amide bonds. The van der Waals surface area contributed by atoms with E-state index in [0.717, 1.165) is 24.0 Å². The zero-order valence-electron chi connectivity index (χ0n) is 21.6. The molecule has 0 spiro atoms. The van der Waals surface area contributed by atoms with E-state index < -0.39 is 11.0 Å². The van der Waals surface area contributed by atoms with Crippen LogP contribution in [0.3, 0.4) is 0 Å². The number of nitriles is 1. The number of nitrogens with one attached hydrogen (secondary N) is 1. The number of rotatable bonds is 5. The predicted molar refractivity (Wildman–Crippen MR) is 138 cm³/mol. The summed E-state index contributed by atoms with van der Waals surface area (Å²) in [5.74, 6) is 1.08. The van der Waals surface area contributed by atoms with Gasteiger partial charge in [0.1, 0.15) is 23.9 Å². The molecule has 1 aliphatic carbocycles. The number of nitrogens with zero attached hydrogens (tertiary/aromatic N) is 4. The minimum atomic E-state index is -0.556. The molecule has 3 heterocycles. The van der Waals surface area contributed by atoms with Gasteiger partial charge in [-0.3, -0.25) is 4.90 Å². The first-order valence-electron chi connectivity index (χ1n) is 12.6. The maximum atomic E-state index is 12.8. The topological polar surface area (TPSA) is 110 Å². The lowest BCUT2D eigenvalue weighted by Crippen LogP contribution is -2.61. The maximum absolute atomic E-state index is 12.8. The molecule has 3 fully saturated rings. The largest absolute Gasteiger partial charge is 0.474 e. The number of halogens is 1. The summed E-state index contributed by atoms with van der Waals surface area (Å²) in [4.78, 5) is 23.4. The molecule has 0 radical (unpaired) electrons. The number of ether oxygens (including phenoxy) is 3. The van der Waals surface area contributed by atoms with E-state index >= 15 is 0 Å². The summed E-state index contributed by atoms with van der Waals surface area (Å²) in [5, 5.41) is 13.3. The van der Waals surface area contributed by atoms with Crippen LogP contribution in [0, 0.1) is 18.3 Å². The van der Waals surface area contributed by atoms with Crippen LogP contribution in [0.2, 0.25) is 5.02 Å². The third-order valence-corrected chi connectivity index (χ3v) is 7.45. The number of hydrogen-bond acceptors (Lipinski definition) is 8. The number of piperidine rings is 1. The monoisotopic (exact) mass is 525 g/mol. The van der Waals surface area contributed by atoms with Crippen molar-refractivity contribution in [2.45, 2.75) is 82.6 Å². The van der Waals surface area contributed by atoms with Gasteiger partial charge >= 0.3 is 6.09 Å². The van der Waals surface area contributed by atoms with Gasteiger partial charge in [-0.15, -0.1) is 0 Å². The molecule has 1 N–H and O–H groups in total. The summed E-state index contributed by atoms with van der Waals surface area (Å²) < 4.78 is 17.7. The molecular weight excluding hydrogens is 494 g/mol. The first-order chi connectivity index (χ1) is 17.6. The van der Waals surface area contributed by atoms with E-state index in [1.54, 1.807) is 0 Å². The normalized spacial score (nSPS) is 24.1. The Morgan fingerprint density at radius 1 is 1.24 bits per heavy atom. The Morgan fingerprint density at radius 2 is 1.95 bits per heavy atom. The van der Waals surface area contributed by atoms with E-state index in [-0.39, 0.29) is 24.3 Å². The lowest BCUT2D eigenvalue weighted by molar-refractivity contribution is -0.0998. The Bertz CT molecular complexity index is 1220. The van der Waals surface area contributed by atoms with Crippen molar-refractivity contribution in [3.8, 4) is 11.9 Å². The zero-order chi connectivity index (χ0) is 26.4. The number of carbonyl (C=O) groups excluding carboxylic acids is 1. The second-order valence-corrected chi connectivity index (χ2v) is 11.5. The summed E-state index contributed by atoms with van der Waals surface area (Å²) in [7, 11) is 0. The summed E-state index contributed by atoms with van der Waals surface area (Å²) in [5.41, 5.74) is 1.45. The fourth-order valence-corrected chi connectivity index (χ4v) is 5.27. The summed E-state index contributed by atoms with van der Waals surface area (Å²) in [6.07, 6.45) is 4.00. The van der Waals surface area contributed by atoms with Crippen LogP contribution in [0.15, 0.2) is 24.5 Å². The molecule has 196 valence electrons. The number of carbonyl (C=O) groups is 1. The first kappa shape index (κ1) is 25.6. The van der Waals surface area contributed by atoms with Gasteiger partial charge in [-0.1, -0.05) is 17.7 Å². The molecule has 2 aromatic rings. The van der Waals surface area contributed by atoms with Gasteiger partial charge in [-0.25, -0.2) is 14.8 Å². The quantitative estimate of drug-likeness (QED) is 0.561. The SMILES string of the molecule is Cc1c(Nc2ccc(C3(C#N)CC3)cc2Cl)ncnc1OC1CC2COCC(C1)N2C(=O)OC(C)(C)C. The number of aromatic nitrogens is 2. The lowest BCUT2D eigenvalue weighted by Gasteiger charge is -2.47. The van der Waals surface area contributed by atoms with Crippen molar-refractivity contribution in [3.63, 3.8) is 0 Å². The van der Waals surface area contributed by atoms with E-state index in [1.165, 1.54) is 6.33 Å². The average molecular weight is 526 g/mol. The van der Waals surface area contributed by atoms with Crippen LogP contribution in [0.4, 0.5) is 16.3 Å². The van der Waals surface area contributed by atoms with Crippen LogP contribution in [0.1, 0.15) is 57.6 Å². The third kappa shape index (κ3) is 5.32. The standard InChI is InChI=1S/C27H32ClN5O4/c1-16-23(32-22-6-5-17(9-21(22)28)27(14-29)7-8-27)30-15-31-24(16)36-20-10-18-12-35-13-19(11-20)33(18)25(34)37-26(2,3)4/h5-6,9,15,18-20H,7-8,10-13H2,1-4H3,(H,30,31,32). The van der Waals surface area contributed by atoms with E-state index in [4.69, 9.17) is 25.8 Å². The van der Waals surface area contributed by atoms with Crippen molar-refractivity contribution in [3.05, 3.63) is 40.7 Å². The summed E-state index contributed by atoms with van der Waals surface area (Å²) >= 11 is 6.55. The van der Waals surface area contributed by atoms with Crippen molar-refractivity contribution in [1.82, 2.24) is 14.9 Å². The molecule has 37 heavy (non-hydrogen) atoms. The molecule has 2 atom stereocenters. The van der Waals surface area contributed by atoms with Gasteiger partial charge in [0.25, 0.3) is 0 Å². The molecule has 1 aromatic heterocycles. The average Bonchev–Trinajstić information content (AvgIpc) is 3.62. The first-order valence-corrected chi connectivity index (χ1v) is 13.0. The highest BCUT2D eigenvalue weighted by Crippen LogP contribution is 2.48. The van der Waals surface area contributed by atoms with E-state index in [2.05, 4.69) is 21.4 Å². The Balaban J connectivity index is 1.28. The van der Waals surface area contributed by atoms with Gasteiger partial charge in [-0.2, -0.15) is 5.26 Å². The second-order valence-electron chi connectivity index (χ2n) is 11.1. The highest BCUT2D eigenvalue weighted by molar-refractivity contribution is 6.33. The number of morpholine rings is 1. The number of anilines is 2. The molecular formula is C27H32ClN5O4.